The Labute approximate surface area is 166 Å². The van der Waals surface area contributed by atoms with Gasteiger partial charge in [-0.05, 0) is 42.9 Å². The zero-order chi connectivity index (χ0) is 19.6. The lowest BCUT2D eigenvalue weighted by atomic mass is 10.1. The van der Waals surface area contributed by atoms with Crippen LogP contribution in [-0.2, 0) is 0 Å². The first-order chi connectivity index (χ1) is 12.9. The molecule has 0 unspecified atom stereocenters. The predicted octanol–water partition coefficient (Wildman–Crippen LogP) is 4.58. The zero-order valence-corrected chi connectivity index (χ0v) is 16.5. The molecule has 0 aliphatic rings. The van der Waals surface area contributed by atoms with E-state index in [2.05, 4.69) is 10.6 Å². The maximum absolute atomic E-state index is 11.6. The van der Waals surface area contributed by atoms with E-state index in [0.717, 1.165) is 10.9 Å². The lowest BCUT2D eigenvalue weighted by Gasteiger charge is -2.15. The summed E-state index contributed by atoms with van der Waals surface area (Å²) in [5.74, 6) is 1.03. The van der Waals surface area contributed by atoms with E-state index in [1.165, 1.54) is 20.3 Å². The van der Waals surface area contributed by atoms with E-state index in [-0.39, 0.29) is 0 Å². The average molecular weight is 405 g/mol. The van der Waals surface area contributed by atoms with Crippen molar-refractivity contribution in [3.8, 4) is 11.5 Å². The van der Waals surface area contributed by atoms with Crippen LogP contribution in [0.3, 0.4) is 0 Å². The summed E-state index contributed by atoms with van der Waals surface area (Å²) in [7, 11) is 3.07. The lowest BCUT2D eigenvalue weighted by molar-refractivity contribution is 0.396. The third-order valence-corrected chi connectivity index (χ3v) is 4.43. The first-order valence-electron chi connectivity index (χ1n) is 7.95. The molecular formula is C19H17ClN2O4S. The Hall–Kier alpha value is -2.77. The van der Waals surface area contributed by atoms with Gasteiger partial charge in [-0.2, -0.15) is 0 Å². The fourth-order valence-electron chi connectivity index (χ4n) is 2.65. The van der Waals surface area contributed by atoms with Gasteiger partial charge >= 0.3 is 5.63 Å². The van der Waals surface area contributed by atoms with Gasteiger partial charge in [-0.15, -0.1) is 0 Å². The van der Waals surface area contributed by atoms with Gasteiger partial charge in [-0.3, -0.25) is 0 Å². The fraction of sp³-hybridized carbons (Fsp3) is 0.158. The number of hydrogen-bond acceptors (Lipinski definition) is 5. The van der Waals surface area contributed by atoms with E-state index in [9.17, 15) is 4.79 Å². The van der Waals surface area contributed by atoms with E-state index < -0.39 is 5.63 Å². The number of halogens is 1. The highest BCUT2D eigenvalue weighted by Crippen LogP contribution is 2.36. The van der Waals surface area contributed by atoms with Crippen molar-refractivity contribution < 1.29 is 13.9 Å². The number of anilines is 2. The molecule has 0 atom stereocenters. The molecule has 0 radical (unpaired) electrons. The lowest BCUT2D eigenvalue weighted by Crippen LogP contribution is -2.19. The van der Waals surface area contributed by atoms with Crippen LogP contribution in [0.4, 0.5) is 11.4 Å². The molecule has 0 saturated heterocycles. The highest BCUT2D eigenvalue weighted by molar-refractivity contribution is 7.80. The summed E-state index contributed by atoms with van der Waals surface area (Å²) < 4.78 is 15.8. The van der Waals surface area contributed by atoms with Crippen molar-refractivity contribution in [3.05, 3.63) is 57.4 Å². The van der Waals surface area contributed by atoms with Crippen molar-refractivity contribution in [2.75, 3.05) is 24.9 Å². The minimum absolute atomic E-state index is 0.323. The van der Waals surface area contributed by atoms with Gasteiger partial charge in [0.2, 0.25) is 0 Å². The SMILES string of the molecule is COc1cc(OC)c(NC(=S)Nc2ccc3c(C)cc(=O)oc3c2)cc1Cl. The summed E-state index contributed by atoms with van der Waals surface area (Å²) in [6.07, 6.45) is 0. The van der Waals surface area contributed by atoms with Crippen LogP contribution in [0.15, 0.2) is 45.6 Å². The van der Waals surface area contributed by atoms with E-state index in [1.54, 1.807) is 18.2 Å². The molecule has 0 aliphatic carbocycles. The van der Waals surface area contributed by atoms with Crippen molar-refractivity contribution in [1.29, 1.82) is 0 Å². The summed E-state index contributed by atoms with van der Waals surface area (Å²) in [5.41, 5.74) is 2.20. The number of rotatable bonds is 4. The number of hydrogen-bond donors (Lipinski definition) is 2. The fourth-order valence-corrected chi connectivity index (χ4v) is 3.11. The van der Waals surface area contributed by atoms with Gasteiger partial charge < -0.3 is 24.5 Å². The van der Waals surface area contributed by atoms with Crippen molar-refractivity contribution in [1.82, 2.24) is 0 Å². The van der Waals surface area contributed by atoms with Crippen molar-refractivity contribution >= 4 is 51.3 Å². The Balaban J connectivity index is 1.83. The summed E-state index contributed by atoms with van der Waals surface area (Å²) >= 11 is 11.5. The number of methoxy groups -OCH3 is 2. The molecule has 140 valence electrons. The smallest absolute Gasteiger partial charge is 0.336 e. The molecule has 8 heteroatoms. The number of benzene rings is 2. The normalized spacial score (nSPS) is 10.5. The average Bonchev–Trinajstić information content (AvgIpc) is 2.61. The second-order valence-corrected chi connectivity index (χ2v) is 6.54. The molecule has 3 aromatic rings. The molecule has 27 heavy (non-hydrogen) atoms. The first-order valence-corrected chi connectivity index (χ1v) is 8.74. The highest BCUT2D eigenvalue weighted by atomic mass is 35.5. The van der Waals surface area contributed by atoms with E-state index in [0.29, 0.717) is 38.6 Å². The third-order valence-electron chi connectivity index (χ3n) is 3.93. The summed E-state index contributed by atoms with van der Waals surface area (Å²) in [6.45, 7) is 1.86. The minimum atomic E-state index is -0.393. The Kier molecular flexibility index (Phi) is 5.53. The Bertz CT molecular complexity index is 1080. The van der Waals surface area contributed by atoms with E-state index in [4.69, 9.17) is 37.7 Å². The number of ether oxygens (including phenoxy) is 2. The Morgan fingerprint density at radius 2 is 1.81 bits per heavy atom. The standard InChI is InChI=1S/C19H17ClN2O4S/c1-10-6-18(23)26-15-7-11(4-5-12(10)15)21-19(27)22-14-8-13(20)16(24-2)9-17(14)25-3/h4-9H,1-3H3,(H2,21,22,27). The van der Waals surface area contributed by atoms with E-state index in [1.807, 2.05) is 19.1 Å². The van der Waals surface area contributed by atoms with Gasteiger partial charge in [0.05, 0.1) is 24.9 Å². The van der Waals surface area contributed by atoms with E-state index >= 15 is 0 Å². The first kappa shape index (κ1) is 19.0. The number of nitrogens with one attached hydrogen (secondary N) is 2. The number of aryl methyl sites for hydroxylation is 1. The summed E-state index contributed by atoms with van der Waals surface area (Å²) in [4.78, 5) is 11.6. The Morgan fingerprint density at radius 1 is 1.07 bits per heavy atom. The summed E-state index contributed by atoms with van der Waals surface area (Å²) in [5, 5.41) is 7.69. The van der Waals surface area contributed by atoms with Crippen LogP contribution >= 0.6 is 23.8 Å². The zero-order valence-electron chi connectivity index (χ0n) is 14.9. The maximum atomic E-state index is 11.6. The molecule has 1 heterocycles. The van der Waals surface area contributed by atoms with Crippen molar-refractivity contribution in [3.63, 3.8) is 0 Å². The van der Waals surface area contributed by atoms with Gasteiger partial charge in [-0.1, -0.05) is 11.6 Å². The predicted molar refractivity (Wildman–Crippen MR) is 112 cm³/mol. The van der Waals surface area contributed by atoms with Crippen LogP contribution in [0.1, 0.15) is 5.56 Å². The topological polar surface area (TPSA) is 72.7 Å². The monoisotopic (exact) mass is 404 g/mol. The summed E-state index contributed by atoms with van der Waals surface area (Å²) in [6, 6.07) is 10.2. The minimum Gasteiger partial charge on any atom is -0.495 e. The highest BCUT2D eigenvalue weighted by Gasteiger charge is 2.12. The van der Waals surface area contributed by atoms with Crippen LogP contribution in [0, 0.1) is 6.92 Å². The van der Waals surface area contributed by atoms with Crippen LogP contribution in [0.5, 0.6) is 11.5 Å². The molecule has 2 N–H and O–H groups in total. The van der Waals surface area contributed by atoms with Crippen molar-refractivity contribution in [2.45, 2.75) is 6.92 Å². The second kappa shape index (κ2) is 7.85. The van der Waals surface area contributed by atoms with Crippen LogP contribution < -0.4 is 25.7 Å². The number of fused-ring (bicyclic) bond motifs is 1. The van der Waals surface area contributed by atoms with Gasteiger partial charge in [0.15, 0.2) is 5.11 Å². The number of thiocarbonyl (C=S) groups is 1. The molecule has 3 rings (SSSR count). The third kappa shape index (κ3) is 4.15. The molecule has 0 fully saturated rings. The van der Waals surface area contributed by atoms with Gasteiger partial charge in [0, 0.05) is 29.3 Å². The Morgan fingerprint density at radius 3 is 2.52 bits per heavy atom. The quantitative estimate of drug-likeness (QED) is 0.487. The maximum Gasteiger partial charge on any atom is 0.336 e. The second-order valence-electron chi connectivity index (χ2n) is 5.73. The van der Waals surface area contributed by atoms with Crippen LogP contribution in [-0.4, -0.2) is 19.3 Å². The molecule has 2 aromatic carbocycles. The largest absolute Gasteiger partial charge is 0.495 e. The van der Waals surface area contributed by atoms with Crippen molar-refractivity contribution in [2.24, 2.45) is 0 Å². The molecule has 0 spiro atoms. The van der Waals surface area contributed by atoms with Gasteiger partial charge in [-0.25, -0.2) is 4.79 Å². The molecule has 0 saturated carbocycles. The van der Waals surface area contributed by atoms with Gasteiger partial charge in [0.1, 0.15) is 17.1 Å². The molecule has 1 aromatic heterocycles. The molecule has 0 amide bonds. The van der Waals surface area contributed by atoms with Crippen LogP contribution in [0.25, 0.3) is 11.0 Å². The molecule has 0 aliphatic heterocycles. The molecular weight excluding hydrogens is 388 g/mol. The van der Waals surface area contributed by atoms with Gasteiger partial charge in [0.25, 0.3) is 0 Å². The molecule has 0 bridgehead atoms. The molecule has 6 nitrogen and oxygen atoms in total. The van der Waals surface area contributed by atoms with Crippen LogP contribution in [0.2, 0.25) is 5.02 Å².